The second kappa shape index (κ2) is 9.72. The molecule has 0 aliphatic heterocycles. The molecule has 0 aliphatic rings. The lowest BCUT2D eigenvalue weighted by Crippen LogP contribution is -2.32. The summed E-state index contributed by atoms with van der Waals surface area (Å²) in [4.78, 5) is 14.6. The molecule has 0 unspecified atom stereocenters. The molecule has 0 N–H and O–H groups in total. The molecule has 1 aromatic heterocycles. The second-order valence-electron chi connectivity index (χ2n) is 8.56. The van der Waals surface area contributed by atoms with Gasteiger partial charge in [0.15, 0.2) is 30.5 Å². The Balaban J connectivity index is 2.28. The van der Waals surface area contributed by atoms with Crippen LogP contribution >= 0.6 is 0 Å². The number of halogens is 7. The van der Waals surface area contributed by atoms with E-state index < -0.39 is 81.5 Å². The smallest absolute Gasteiger partial charge is 0.294 e. The maximum absolute atomic E-state index is 13.7. The number of ketones is 1. The van der Waals surface area contributed by atoms with Crippen LogP contribution in [0.4, 0.5) is 30.7 Å². The van der Waals surface area contributed by atoms with E-state index in [2.05, 4.69) is 4.98 Å². The summed E-state index contributed by atoms with van der Waals surface area (Å²) in [6.45, 7) is 2.28. The van der Waals surface area contributed by atoms with Gasteiger partial charge >= 0.3 is 12.4 Å². The molecular formula is C21H20F7NO5S2. The van der Waals surface area contributed by atoms with Gasteiger partial charge in [0.1, 0.15) is 11.5 Å². The number of aromatic nitrogens is 1. The minimum atomic E-state index is -5.05. The first kappa shape index (κ1) is 29.7. The highest BCUT2D eigenvalue weighted by molar-refractivity contribution is 7.92. The molecular weight excluding hydrogens is 543 g/mol. The predicted octanol–water partition coefficient (Wildman–Crippen LogP) is 5.27. The number of benzene rings is 1. The second-order valence-corrected chi connectivity index (χ2v) is 13.1. The summed E-state index contributed by atoms with van der Waals surface area (Å²) in [5.74, 6) is -2.36. The number of carbonyl (C=O) groups is 1. The average molecular weight is 564 g/mol. The quantitative estimate of drug-likeness (QED) is 0.321. The Labute approximate surface area is 202 Å². The molecule has 0 saturated carbocycles. The minimum absolute atomic E-state index is 0.138. The molecule has 0 aliphatic carbocycles. The number of Topliss-reactive ketones (excluding diaryl/α,β-unsaturated/α-hetero) is 1. The lowest BCUT2D eigenvalue weighted by atomic mass is 10.0. The zero-order valence-corrected chi connectivity index (χ0v) is 20.6. The van der Waals surface area contributed by atoms with Crippen molar-refractivity contribution >= 4 is 25.5 Å². The van der Waals surface area contributed by atoms with Gasteiger partial charge in [0.25, 0.3) is 0 Å². The van der Waals surface area contributed by atoms with Crippen LogP contribution in [0.2, 0.25) is 0 Å². The van der Waals surface area contributed by atoms with Crippen molar-refractivity contribution in [3.05, 3.63) is 53.0 Å². The Morgan fingerprint density at radius 1 is 0.889 bits per heavy atom. The Morgan fingerprint density at radius 2 is 1.47 bits per heavy atom. The number of nitrogens with zero attached hydrogens (tertiary/aromatic N) is 1. The van der Waals surface area contributed by atoms with Gasteiger partial charge in [-0.25, -0.2) is 26.2 Å². The van der Waals surface area contributed by atoms with Gasteiger partial charge in [-0.3, -0.25) is 4.79 Å². The molecule has 0 bridgehead atoms. The minimum Gasteiger partial charge on any atom is -0.294 e. The highest BCUT2D eigenvalue weighted by Crippen LogP contribution is 2.36. The van der Waals surface area contributed by atoms with Crippen molar-refractivity contribution in [2.45, 2.75) is 60.1 Å². The first-order valence-electron chi connectivity index (χ1n) is 10.0. The molecule has 1 heterocycles. The van der Waals surface area contributed by atoms with Gasteiger partial charge in [-0.1, -0.05) is 0 Å². The molecule has 6 nitrogen and oxygen atoms in total. The van der Waals surface area contributed by atoms with Crippen LogP contribution in [-0.4, -0.2) is 38.6 Å². The Hall–Kier alpha value is -2.55. The van der Waals surface area contributed by atoms with Crippen LogP contribution in [0.3, 0.4) is 0 Å². The van der Waals surface area contributed by atoms with E-state index in [4.69, 9.17) is 0 Å². The van der Waals surface area contributed by atoms with Gasteiger partial charge in [-0.15, -0.1) is 0 Å². The van der Waals surface area contributed by atoms with Crippen LogP contribution in [0.15, 0.2) is 40.3 Å². The standard InChI is InChI=1S/C21H20F7NO5S2/c1-19(2,36(33,34)15-10-13(20(23,24)25)9-14(22)11-15)6-4-5-16(30)12-7-17(21(26,27)28)29-18(8-12)35(3,31)32/h7-11H,4-6H2,1-3H3. The number of alkyl halides is 6. The summed E-state index contributed by atoms with van der Waals surface area (Å²) in [7, 11) is -8.75. The fourth-order valence-electron chi connectivity index (χ4n) is 3.16. The predicted molar refractivity (Wildman–Crippen MR) is 113 cm³/mol. The van der Waals surface area contributed by atoms with Crippen LogP contribution in [0.25, 0.3) is 0 Å². The Kier molecular flexibility index (Phi) is 8.02. The van der Waals surface area contributed by atoms with E-state index in [0.29, 0.717) is 24.5 Å². The molecule has 0 fully saturated rings. The number of hydrogen-bond donors (Lipinski definition) is 0. The molecule has 0 spiro atoms. The third-order valence-corrected chi connectivity index (χ3v) is 8.70. The van der Waals surface area contributed by atoms with Crippen LogP contribution < -0.4 is 0 Å². The lowest BCUT2D eigenvalue weighted by Gasteiger charge is -2.25. The van der Waals surface area contributed by atoms with E-state index in [-0.39, 0.29) is 25.0 Å². The zero-order chi connectivity index (χ0) is 27.9. The molecule has 0 saturated heterocycles. The normalized spacial score (nSPS) is 13.6. The van der Waals surface area contributed by atoms with E-state index in [1.807, 2.05) is 0 Å². The average Bonchev–Trinajstić information content (AvgIpc) is 2.70. The van der Waals surface area contributed by atoms with Crippen molar-refractivity contribution in [2.75, 3.05) is 6.26 Å². The molecule has 0 radical (unpaired) electrons. The molecule has 2 rings (SSSR count). The maximum atomic E-state index is 13.7. The fourth-order valence-corrected chi connectivity index (χ4v) is 5.36. The summed E-state index contributed by atoms with van der Waals surface area (Å²) >= 11 is 0. The Morgan fingerprint density at radius 3 is 1.97 bits per heavy atom. The fraction of sp³-hybridized carbons (Fsp3) is 0.429. The van der Waals surface area contributed by atoms with Crippen molar-refractivity contribution in [1.82, 2.24) is 4.98 Å². The third kappa shape index (κ3) is 6.81. The monoisotopic (exact) mass is 563 g/mol. The topological polar surface area (TPSA) is 98.2 Å². The largest absolute Gasteiger partial charge is 0.433 e. The van der Waals surface area contributed by atoms with E-state index in [0.717, 1.165) is 13.8 Å². The first-order valence-corrected chi connectivity index (χ1v) is 13.4. The van der Waals surface area contributed by atoms with Crippen LogP contribution in [0.5, 0.6) is 0 Å². The molecule has 200 valence electrons. The molecule has 1 aromatic carbocycles. The van der Waals surface area contributed by atoms with Crippen LogP contribution in [-0.2, 0) is 32.0 Å². The zero-order valence-electron chi connectivity index (χ0n) is 19.0. The van der Waals surface area contributed by atoms with Gasteiger partial charge in [0.05, 0.1) is 15.2 Å². The number of hydrogen-bond acceptors (Lipinski definition) is 6. The number of rotatable bonds is 8. The summed E-state index contributed by atoms with van der Waals surface area (Å²) in [6, 6.07) is 1.89. The van der Waals surface area contributed by atoms with Crippen molar-refractivity contribution in [3.63, 3.8) is 0 Å². The van der Waals surface area contributed by atoms with Crippen molar-refractivity contribution in [1.29, 1.82) is 0 Å². The molecule has 15 heteroatoms. The van der Waals surface area contributed by atoms with Crippen LogP contribution in [0.1, 0.15) is 54.7 Å². The summed E-state index contributed by atoms with van der Waals surface area (Å²) in [6.07, 6.45) is -10.5. The lowest BCUT2D eigenvalue weighted by molar-refractivity contribution is -0.141. The van der Waals surface area contributed by atoms with Gasteiger partial charge in [0.2, 0.25) is 0 Å². The highest BCUT2D eigenvalue weighted by Gasteiger charge is 2.39. The Bertz CT molecular complexity index is 1380. The maximum Gasteiger partial charge on any atom is 0.433 e. The van der Waals surface area contributed by atoms with Crippen LogP contribution in [0, 0.1) is 5.82 Å². The molecule has 36 heavy (non-hydrogen) atoms. The van der Waals surface area contributed by atoms with Gasteiger partial charge < -0.3 is 0 Å². The SMILES string of the molecule is CC(C)(CCCC(=O)c1cc(C(F)(F)F)nc(S(C)(=O)=O)c1)S(=O)(=O)c1cc(F)cc(C(F)(F)F)c1. The number of sulfone groups is 2. The highest BCUT2D eigenvalue weighted by atomic mass is 32.2. The van der Waals surface area contributed by atoms with E-state index in [1.54, 1.807) is 0 Å². The van der Waals surface area contributed by atoms with E-state index in [9.17, 15) is 52.4 Å². The van der Waals surface area contributed by atoms with Gasteiger partial charge in [-0.2, -0.15) is 26.3 Å². The van der Waals surface area contributed by atoms with Crippen molar-refractivity contribution < 1.29 is 52.4 Å². The molecule has 2 aromatic rings. The number of carbonyl (C=O) groups excluding carboxylic acids is 1. The summed E-state index contributed by atoms with van der Waals surface area (Å²) in [5.41, 5.74) is -3.73. The van der Waals surface area contributed by atoms with E-state index >= 15 is 0 Å². The third-order valence-electron chi connectivity index (χ3n) is 5.21. The number of pyridine rings is 1. The van der Waals surface area contributed by atoms with Crippen molar-refractivity contribution in [2.24, 2.45) is 0 Å². The summed E-state index contributed by atoms with van der Waals surface area (Å²) in [5, 5.41) is -0.977. The first-order chi connectivity index (χ1) is 16.1. The van der Waals surface area contributed by atoms with E-state index in [1.165, 1.54) is 0 Å². The summed E-state index contributed by atoms with van der Waals surface area (Å²) < 4.78 is 139. The van der Waals surface area contributed by atoms with Gasteiger partial charge in [-0.05, 0) is 57.0 Å². The van der Waals surface area contributed by atoms with Gasteiger partial charge in [0, 0.05) is 18.2 Å². The van der Waals surface area contributed by atoms with Crippen molar-refractivity contribution in [3.8, 4) is 0 Å². The molecule has 0 amide bonds. The molecule has 0 atom stereocenters.